The van der Waals surface area contributed by atoms with E-state index in [-0.39, 0.29) is 10.9 Å². The molecule has 0 aromatic heterocycles. The highest BCUT2D eigenvalue weighted by atomic mass is 32.2. The Morgan fingerprint density at radius 3 is 2.50 bits per heavy atom. The maximum absolute atomic E-state index is 12.1. The van der Waals surface area contributed by atoms with E-state index in [1.807, 2.05) is 6.92 Å². The lowest BCUT2D eigenvalue weighted by atomic mass is 10.3. The molecule has 0 radical (unpaired) electrons. The largest absolute Gasteiger partial charge is 0.380 e. The van der Waals surface area contributed by atoms with Crippen LogP contribution in [0, 0.1) is 0 Å². The van der Waals surface area contributed by atoms with Crippen LogP contribution in [0.4, 0.5) is 5.69 Å². The molecule has 5 heteroatoms. The average molecular weight is 268 g/mol. The zero-order chi connectivity index (χ0) is 13.8. The summed E-state index contributed by atoms with van der Waals surface area (Å²) in [6.45, 7) is 9.80. The van der Waals surface area contributed by atoms with Gasteiger partial charge < -0.3 is 5.32 Å². The normalized spacial score (nSPS) is 11.6. The van der Waals surface area contributed by atoms with E-state index < -0.39 is 10.0 Å². The number of para-hydroxylation sites is 1. The topological polar surface area (TPSA) is 58.2 Å². The van der Waals surface area contributed by atoms with Crippen molar-refractivity contribution in [2.75, 3.05) is 11.9 Å². The molecule has 0 amide bonds. The minimum Gasteiger partial charge on any atom is -0.380 e. The van der Waals surface area contributed by atoms with Gasteiger partial charge in [0.25, 0.3) is 0 Å². The number of hydrogen-bond acceptors (Lipinski definition) is 3. The Morgan fingerprint density at radius 2 is 1.94 bits per heavy atom. The van der Waals surface area contributed by atoms with Gasteiger partial charge in [0, 0.05) is 12.6 Å². The summed E-state index contributed by atoms with van der Waals surface area (Å²) in [5.41, 5.74) is 1.53. The first-order valence-corrected chi connectivity index (χ1v) is 7.31. The third-order valence-electron chi connectivity index (χ3n) is 2.15. The molecule has 0 saturated carbocycles. The van der Waals surface area contributed by atoms with E-state index in [0.29, 0.717) is 12.2 Å². The number of rotatable bonds is 6. The van der Waals surface area contributed by atoms with E-state index in [2.05, 4.69) is 16.6 Å². The maximum Gasteiger partial charge on any atom is 0.242 e. The van der Waals surface area contributed by atoms with Crippen molar-refractivity contribution in [3.63, 3.8) is 0 Å². The SMILES string of the molecule is C=C(C)CNc1ccccc1S(=O)(=O)NC(C)C. The van der Waals surface area contributed by atoms with Crippen LogP contribution in [0.5, 0.6) is 0 Å². The molecule has 18 heavy (non-hydrogen) atoms. The predicted octanol–water partition coefficient (Wildman–Crippen LogP) is 2.36. The van der Waals surface area contributed by atoms with Gasteiger partial charge in [-0.3, -0.25) is 0 Å². The fourth-order valence-electron chi connectivity index (χ4n) is 1.47. The van der Waals surface area contributed by atoms with Crippen LogP contribution in [0.3, 0.4) is 0 Å². The summed E-state index contributed by atoms with van der Waals surface area (Å²) in [6.07, 6.45) is 0. The molecule has 1 rings (SSSR count). The lowest BCUT2D eigenvalue weighted by molar-refractivity contribution is 0.570. The van der Waals surface area contributed by atoms with Crippen LogP contribution in [-0.2, 0) is 10.0 Å². The van der Waals surface area contributed by atoms with Gasteiger partial charge in [0.1, 0.15) is 4.90 Å². The maximum atomic E-state index is 12.1. The minimum atomic E-state index is -3.48. The van der Waals surface area contributed by atoms with Crippen molar-refractivity contribution in [2.45, 2.75) is 31.7 Å². The zero-order valence-electron chi connectivity index (χ0n) is 11.0. The van der Waals surface area contributed by atoms with Gasteiger partial charge in [-0.2, -0.15) is 0 Å². The lowest BCUT2D eigenvalue weighted by Crippen LogP contribution is -2.30. The average Bonchev–Trinajstić information content (AvgIpc) is 2.25. The van der Waals surface area contributed by atoms with E-state index >= 15 is 0 Å². The van der Waals surface area contributed by atoms with E-state index in [1.165, 1.54) is 0 Å². The molecule has 1 aromatic carbocycles. The molecule has 0 atom stereocenters. The fraction of sp³-hybridized carbons (Fsp3) is 0.385. The summed E-state index contributed by atoms with van der Waals surface area (Å²) in [7, 11) is -3.48. The van der Waals surface area contributed by atoms with Crippen molar-refractivity contribution in [1.82, 2.24) is 4.72 Å². The van der Waals surface area contributed by atoms with Crippen LogP contribution >= 0.6 is 0 Å². The summed E-state index contributed by atoms with van der Waals surface area (Å²) < 4.78 is 26.8. The smallest absolute Gasteiger partial charge is 0.242 e. The summed E-state index contributed by atoms with van der Waals surface area (Å²) in [4.78, 5) is 0.264. The number of benzene rings is 1. The highest BCUT2D eigenvalue weighted by Gasteiger charge is 2.18. The molecule has 100 valence electrons. The highest BCUT2D eigenvalue weighted by Crippen LogP contribution is 2.21. The summed E-state index contributed by atoms with van der Waals surface area (Å²) in [5, 5.41) is 3.07. The second kappa shape index (κ2) is 6.02. The molecule has 0 saturated heterocycles. The van der Waals surface area contributed by atoms with Gasteiger partial charge >= 0.3 is 0 Å². The number of anilines is 1. The second-order valence-electron chi connectivity index (χ2n) is 4.58. The molecule has 0 aliphatic carbocycles. The molecular formula is C13H20N2O2S. The zero-order valence-corrected chi connectivity index (χ0v) is 11.8. The third kappa shape index (κ3) is 4.16. The van der Waals surface area contributed by atoms with Crippen molar-refractivity contribution in [2.24, 2.45) is 0 Å². The molecule has 0 fully saturated rings. The van der Waals surface area contributed by atoms with Gasteiger partial charge in [-0.05, 0) is 32.9 Å². The molecule has 0 aliphatic heterocycles. The van der Waals surface area contributed by atoms with Gasteiger partial charge in [-0.15, -0.1) is 0 Å². The van der Waals surface area contributed by atoms with Crippen molar-refractivity contribution in [3.05, 3.63) is 36.4 Å². The lowest BCUT2D eigenvalue weighted by Gasteiger charge is -2.14. The van der Waals surface area contributed by atoms with E-state index in [0.717, 1.165) is 5.57 Å². The summed E-state index contributed by atoms with van der Waals surface area (Å²) in [6, 6.07) is 6.71. The standard InChI is InChI=1S/C13H20N2O2S/c1-10(2)9-14-12-7-5-6-8-13(12)18(16,17)15-11(3)4/h5-8,11,14-15H,1,9H2,2-4H3. The van der Waals surface area contributed by atoms with Gasteiger partial charge in [-0.1, -0.05) is 24.3 Å². The molecule has 0 bridgehead atoms. The fourth-order valence-corrected chi connectivity index (χ4v) is 2.90. The number of sulfonamides is 1. The van der Waals surface area contributed by atoms with Crippen LogP contribution in [-0.4, -0.2) is 21.0 Å². The van der Waals surface area contributed by atoms with Crippen LogP contribution in [0.15, 0.2) is 41.3 Å². The van der Waals surface area contributed by atoms with Crippen LogP contribution in [0.1, 0.15) is 20.8 Å². The van der Waals surface area contributed by atoms with E-state index in [4.69, 9.17) is 0 Å². The first kappa shape index (κ1) is 14.7. The molecular weight excluding hydrogens is 248 g/mol. The Kier molecular flexibility index (Phi) is 4.93. The molecule has 4 nitrogen and oxygen atoms in total. The highest BCUT2D eigenvalue weighted by molar-refractivity contribution is 7.89. The van der Waals surface area contributed by atoms with E-state index in [9.17, 15) is 8.42 Å². The van der Waals surface area contributed by atoms with Crippen LogP contribution in [0.2, 0.25) is 0 Å². The first-order chi connectivity index (χ1) is 8.33. The minimum absolute atomic E-state index is 0.135. The Labute approximate surface area is 109 Å². The molecule has 0 unspecified atom stereocenters. The molecule has 0 aliphatic rings. The Hall–Kier alpha value is -1.33. The van der Waals surface area contributed by atoms with Gasteiger partial charge in [0.2, 0.25) is 10.0 Å². The Bertz CT molecular complexity index is 522. The molecule has 0 heterocycles. The van der Waals surface area contributed by atoms with E-state index in [1.54, 1.807) is 38.1 Å². The van der Waals surface area contributed by atoms with Crippen molar-refractivity contribution >= 4 is 15.7 Å². The second-order valence-corrected chi connectivity index (χ2v) is 6.27. The monoisotopic (exact) mass is 268 g/mol. The van der Waals surface area contributed by atoms with Crippen molar-refractivity contribution < 1.29 is 8.42 Å². The number of nitrogens with one attached hydrogen (secondary N) is 2. The first-order valence-electron chi connectivity index (χ1n) is 5.82. The molecule has 2 N–H and O–H groups in total. The van der Waals surface area contributed by atoms with Gasteiger partial charge in [-0.25, -0.2) is 13.1 Å². The third-order valence-corrected chi connectivity index (χ3v) is 3.86. The summed E-state index contributed by atoms with van der Waals surface area (Å²) >= 11 is 0. The Balaban J connectivity index is 3.05. The van der Waals surface area contributed by atoms with Gasteiger partial charge in [0.15, 0.2) is 0 Å². The Morgan fingerprint density at radius 1 is 1.33 bits per heavy atom. The van der Waals surface area contributed by atoms with Crippen molar-refractivity contribution in [1.29, 1.82) is 0 Å². The van der Waals surface area contributed by atoms with Gasteiger partial charge in [0.05, 0.1) is 5.69 Å². The number of hydrogen-bond donors (Lipinski definition) is 2. The predicted molar refractivity (Wildman–Crippen MR) is 75.2 cm³/mol. The molecule has 1 aromatic rings. The summed E-state index contributed by atoms with van der Waals surface area (Å²) in [5.74, 6) is 0. The van der Waals surface area contributed by atoms with Crippen LogP contribution in [0.25, 0.3) is 0 Å². The quantitative estimate of drug-likeness (QED) is 0.779. The van der Waals surface area contributed by atoms with Crippen molar-refractivity contribution in [3.8, 4) is 0 Å². The van der Waals surface area contributed by atoms with Crippen LogP contribution < -0.4 is 10.0 Å². The molecule has 0 spiro atoms.